The van der Waals surface area contributed by atoms with E-state index in [0.29, 0.717) is 19.6 Å². The number of hydrogen-bond donors (Lipinski definition) is 2. The van der Waals surface area contributed by atoms with Gasteiger partial charge in [-0.15, -0.1) is 0 Å². The summed E-state index contributed by atoms with van der Waals surface area (Å²) in [5.74, 6) is 0.842. The third-order valence-corrected chi connectivity index (χ3v) is 5.20. The lowest BCUT2D eigenvalue weighted by molar-refractivity contribution is 0.133. The summed E-state index contributed by atoms with van der Waals surface area (Å²) in [6.45, 7) is 1.82. The second kappa shape index (κ2) is 7.80. The molecule has 1 aliphatic heterocycles. The van der Waals surface area contributed by atoms with Crippen LogP contribution in [0.25, 0.3) is 10.9 Å². The Kier molecular flexibility index (Phi) is 5.06. The van der Waals surface area contributed by atoms with Gasteiger partial charge < -0.3 is 20.1 Å². The number of ether oxygens (including phenoxy) is 1. The average Bonchev–Trinajstić information content (AvgIpc) is 3.11. The lowest BCUT2D eigenvalue weighted by Crippen LogP contribution is -2.44. The number of nitrogens with one attached hydrogen (secondary N) is 1. The monoisotopic (exact) mass is 380 g/mol. The van der Waals surface area contributed by atoms with Crippen molar-refractivity contribution in [1.82, 2.24) is 14.7 Å². The molecule has 28 heavy (non-hydrogen) atoms. The lowest BCUT2D eigenvalue weighted by Gasteiger charge is -2.31. The molecule has 4 rings (SSSR count). The fraction of sp³-hybridized carbons (Fsp3) is 0.333. The summed E-state index contributed by atoms with van der Waals surface area (Å²) < 4.78 is 7.18. The van der Waals surface area contributed by atoms with Crippen LogP contribution in [0.2, 0.25) is 0 Å². The van der Waals surface area contributed by atoms with E-state index in [1.165, 1.54) is 4.90 Å². The third kappa shape index (κ3) is 3.88. The predicted octanol–water partition coefficient (Wildman–Crippen LogP) is 3.65. The summed E-state index contributed by atoms with van der Waals surface area (Å²) in [4.78, 5) is 12.7. The number of amides is 1. The highest BCUT2D eigenvalue weighted by Crippen LogP contribution is 2.23. The zero-order chi connectivity index (χ0) is 19.5. The van der Waals surface area contributed by atoms with E-state index < -0.39 is 6.09 Å². The van der Waals surface area contributed by atoms with E-state index in [-0.39, 0.29) is 6.04 Å². The van der Waals surface area contributed by atoms with Gasteiger partial charge in [0.2, 0.25) is 0 Å². The van der Waals surface area contributed by atoms with Gasteiger partial charge in [-0.25, -0.2) is 4.79 Å². The predicted molar refractivity (Wildman–Crippen MR) is 108 cm³/mol. The molecule has 7 nitrogen and oxygen atoms in total. The second-order valence-corrected chi connectivity index (χ2v) is 7.14. The molecule has 1 atom stereocenters. The van der Waals surface area contributed by atoms with Crippen molar-refractivity contribution in [2.24, 2.45) is 0 Å². The van der Waals surface area contributed by atoms with Crippen LogP contribution in [-0.2, 0) is 6.54 Å². The summed E-state index contributed by atoms with van der Waals surface area (Å²) in [6, 6.07) is 14.3. The Labute approximate surface area is 163 Å². The third-order valence-electron chi connectivity index (χ3n) is 5.20. The Morgan fingerprint density at radius 1 is 1.29 bits per heavy atom. The summed E-state index contributed by atoms with van der Waals surface area (Å²) >= 11 is 0. The maximum Gasteiger partial charge on any atom is 0.407 e. The zero-order valence-electron chi connectivity index (χ0n) is 15.8. The van der Waals surface area contributed by atoms with Gasteiger partial charge in [0.1, 0.15) is 5.75 Å². The number of benzene rings is 2. The molecule has 3 aromatic rings. The molecule has 1 unspecified atom stereocenters. The number of likely N-dealkylation sites (tertiary alicyclic amines) is 1. The maximum absolute atomic E-state index is 11.2. The molecule has 0 bridgehead atoms. The van der Waals surface area contributed by atoms with Crippen molar-refractivity contribution in [3.8, 4) is 5.75 Å². The summed E-state index contributed by atoms with van der Waals surface area (Å²) in [7, 11) is 1.66. The Morgan fingerprint density at radius 3 is 2.86 bits per heavy atom. The molecule has 7 heteroatoms. The number of nitrogens with zero attached hydrogens (tertiary/aromatic N) is 3. The van der Waals surface area contributed by atoms with Crippen LogP contribution in [-0.4, -0.2) is 52.1 Å². The number of anilines is 1. The molecule has 1 amide bonds. The van der Waals surface area contributed by atoms with E-state index >= 15 is 0 Å². The fourth-order valence-corrected chi connectivity index (χ4v) is 3.71. The summed E-state index contributed by atoms with van der Waals surface area (Å²) in [6.07, 6.45) is 2.88. The van der Waals surface area contributed by atoms with Gasteiger partial charge in [0.15, 0.2) is 0 Å². The first kappa shape index (κ1) is 18.2. The van der Waals surface area contributed by atoms with Gasteiger partial charge >= 0.3 is 6.09 Å². The van der Waals surface area contributed by atoms with Crippen LogP contribution in [0.4, 0.5) is 10.5 Å². The van der Waals surface area contributed by atoms with Crippen LogP contribution >= 0.6 is 0 Å². The molecule has 1 fully saturated rings. The molecule has 146 valence electrons. The Balaban J connectivity index is 1.47. The molecule has 1 aliphatic rings. The molecule has 0 saturated carbocycles. The van der Waals surface area contributed by atoms with Gasteiger partial charge in [-0.2, -0.15) is 5.10 Å². The maximum atomic E-state index is 11.2. The summed E-state index contributed by atoms with van der Waals surface area (Å²) in [5, 5.41) is 18.3. The highest BCUT2D eigenvalue weighted by molar-refractivity contribution is 5.82. The Hall–Kier alpha value is -3.22. The minimum absolute atomic E-state index is 0.136. The van der Waals surface area contributed by atoms with Gasteiger partial charge in [-0.3, -0.25) is 4.68 Å². The molecular formula is C21H24N4O3. The zero-order valence-corrected chi connectivity index (χ0v) is 15.8. The fourth-order valence-electron chi connectivity index (χ4n) is 3.71. The number of fused-ring (bicyclic) bond motifs is 1. The van der Waals surface area contributed by atoms with Crippen molar-refractivity contribution in [3.05, 3.63) is 54.2 Å². The van der Waals surface area contributed by atoms with E-state index in [9.17, 15) is 9.90 Å². The highest BCUT2D eigenvalue weighted by Gasteiger charge is 2.23. The number of hydrogen-bond acceptors (Lipinski definition) is 4. The van der Waals surface area contributed by atoms with E-state index in [1.54, 1.807) is 7.11 Å². The Bertz CT molecular complexity index is 967. The lowest BCUT2D eigenvalue weighted by atomic mass is 10.1. The standard InChI is InChI=1S/C21H24N4O3/c1-28-19-7-4-15(5-8-19)13-25-20-9-6-17(11-16(20)12-22-25)23-18-3-2-10-24(14-18)21(26)27/h4-9,11-12,18,23H,2-3,10,13-14H2,1H3,(H,26,27). The molecule has 1 saturated heterocycles. The molecule has 2 N–H and O–H groups in total. The first-order chi connectivity index (χ1) is 13.6. The van der Waals surface area contributed by atoms with Gasteiger partial charge in [0.25, 0.3) is 0 Å². The van der Waals surface area contributed by atoms with Crippen molar-refractivity contribution >= 4 is 22.7 Å². The molecule has 0 radical (unpaired) electrons. The van der Waals surface area contributed by atoms with Gasteiger partial charge in [0.05, 0.1) is 25.4 Å². The second-order valence-electron chi connectivity index (χ2n) is 7.14. The Morgan fingerprint density at radius 2 is 2.11 bits per heavy atom. The molecule has 0 aliphatic carbocycles. The molecule has 1 aromatic heterocycles. The molecular weight excluding hydrogens is 356 g/mol. The minimum Gasteiger partial charge on any atom is -0.497 e. The van der Waals surface area contributed by atoms with Crippen LogP contribution < -0.4 is 10.1 Å². The summed E-state index contributed by atoms with van der Waals surface area (Å²) in [5.41, 5.74) is 3.22. The number of carboxylic acid groups (broad SMARTS) is 1. The van der Waals surface area contributed by atoms with Gasteiger partial charge in [-0.1, -0.05) is 12.1 Å². The van der Waals surface area contributed by atoms with Crippen molar-refractivity contribution < 1.29 is 14.6 Å². The highest BCUT2D eigenvalue weighted by atomic mass is 16.5. The first-order valence-electron chi connectivity index (χ1n) is 9.45. The van der Waals surface area contributed by atoms with Crippen molar-refractivity contribution in [3.63, 3.8) is 0 Å². The molecule has 2 heterocycles. The normalized spacial score (nSPS) is 16.9. The van der Waals surface area contributed by atoms with E-state index in [0.717, 1.165) is 40.7 Å². The SMILES string of the molecule is COc1ccc(Cn2ncc3cc(NC4CCCN(C(=O)O)C4)ccc32)cc1. The average molecular weight is 380 g/mol. The number of rotatable bonds is 5. The van der Waals surface area contributed by atoms with Crippen LogP contribution in [0.15, 0.2) is 48.7 Å². The van der Waals surface area contributed by atoms with E-state index in [4.69, 9.17) is 4.74 Å². The minimum atomic E-state index is -0.846. The number of aromatic nitrogens is 2. The van der Waals surface area contributed by atoms with Crippen molar-refractivity contribution in [1.29, 1.82) is 0 Å². The van der Waals surface area contributed by atoms with Gasteiger partial charge in [-0.05, 0) is 48.7 Å². The van der Waals surface area contributed by atoms with Crippen molar-refractivity contribution in [2.75, 3.05) is 25.5 Å². The van der Waals surface area contributed by atoms with E-state index in [2.05, 4.69) is 22.5 Å². The van der Waals surface area contributed by atoms with Crippen LogP contribution in [0, 0.1) is 0 Å². The first-order valence-corrected chi connectivity index (χ1v) is 9.45. The van der Waals surface area contributed by atoms with E-state index in [1.807, 2.05) is 41.2 Å². The van der Waals surface area contributed by atoms with Crippen LogP contribution in [0.5, 0.6) is 5.75 Å². The number of carbonyl (C=O) groups is 1. The van der Waals surface area contributed by atoms with Crippen LogP contribution in [0.3, 0.4) is 0 Å². The quantitative estimate of drug-likeness (QED) is 0.706. The number of methoxy groups -OCH3 is 1. The molecule has 0 spiro atoms. The van der Waals surface area contributed by atoms with Crippen molar-refractivity contribution in [2.45, 2.75) is 25.4 Å². The smallest absolute Gasteiger partial charge is 0.407 e. The largest absolute Gasteiger partial charge is 0.497 e. The number of piperidine rings is 1. The van der Waals surface area contributed by atoms with Gasteiger partial charge in [0, 0.05) is 30.2 Å². The van der Waals surface area contributed by atoms with Crippen LogP contribution in [0.1, 0.15) is 18.4 Å². The topological polar surface area (TPSA) is 79.6 Å². The molecule has 2 aromatic carbocycles.